The Morgan fingerprint density at radius 3 is 2.25 bits per heavy atom. The highest BCUT2D eigenvalue weighted by Gasteiger charge is 2.37. The smallest absolute Gasteiger partial charge is 0.416 e. The second kappa shape index (κ2) is 8.11. The van der Waals surface area contributed by atoms with Crippen LogP contribution in [0, 0.1) is 0 Å². The predicted octanol–water partition coefficient (Wildman–Crippen LogP) is 6.51. The van der Waals surface area contributed by atoms with Crippen LogP contribution >= 0.6 is 0 Å². The van der Waals surface area contributed by atoms with Gasteiger partial charge in [-0.1, -0.05) is 18.2 Å². The Bertz CT molecular complexity index is 1130. The van der Waals surface area contributed by atoms with E-state index < -0.39 is 23.5 Å². The minimum absolute atomic E-state index is 0.0212. The molecule has 0 saturated heterocycles. The maximum atomic E-state index is 13.1. The average Bonchev–Trinajstić information content (AvgIpc) is 3.29. The van der Waals surface area contributed by atoms with E-state index in [0.29, 0.717) is 12.2 Å². The zero-order chi connectivity index (χ0) is 23.1. The second-order valence-electron chi connectivity index (χ2n) is 7.79. The molecule has 3 aromatic rings. The van der Waals surface area contributed by atoms with Crippen molar-refractivity contribution in [1.82, 2.24) is 9.88 Å². The Kier molecular flexibility index (Phi) is 5.60. The lowest BCUT2D eigenvalue weighted by atomic mass is 9.99. The fourth-order valence-electron chi connectivity index (χ4n) is 3.91. The predicted molar refractivity (Wildman–Crippen MR) is 108 cm³/mol. The molecule has 0 fully saturated rings. The molecule has 0 amide bonds. The highest BCUT2D eigenvalue weighted by Crippen LogP contribution is 2.37. The summed E-state index contributed by atoms with van der Waals surface area (Å²) < 4.78 is 84.6. The first-order chi connectivity index (χ1) is 15.0. The minimum atomic E-state index is -4.86. The lowest BCUT2D eigenvalue weighted by molar-refractivity contribution is -0.143. The molecule has 0 spiro atoms. The Hall–Kier alpha value is -3.10. The number of benzene rings is 2. The van der Waals surface area contributed by atoms with Crippen molar-refractivity contribution < 1.29 is 31.1 Å². The number of fused-ring (bicyclic) bond motifs is 1. The van der Waals surface area contributed by atoms with E-state index in [4.69, 9.17) is 4.74 Å². The van der Waals surface area contributed by atoms with E-state index in [9.17, 15) is 26.3 Å². The van der Waals surface area contributed by atoms with Crippen LogP contribution in [0.15, 0.2) is 60.1 Å². The van der Waals surface area contributed by atoms with Crippen molar-refractivity contribution in [2.75, 3.05) is 13.8 Å². The molecule has 1 aliphatic rings. The topological polar surface area (TPSA) is 28.3 Å². The van der Waals surface area contributed by atoms with Crippen molar-refractivity contribution in [1.29, 1.82) is 0 Å². The Labute approximate surface area is 180 Å². The summed E-state index contributed by atoms with van der Waals surface area (Å²) in [4.78, 5) is 5.00. The van der Waals surface area contributed by atoms with Crippen molar-refractivity contribution in [2.45, 2.75) is 31.6 Å². The summed E-state index contributed by atoms with van der Waals surface area (Å²) in [5.74, 6) is 0.667. The van der Waals surface area contributed by atoms with Gasteiger partial charge in [0.25, 0.3) is 0 Å². The summed E-state index contributed by atoms with van der Waals surface area (Å²) in [7, 11) is 1.78. The van der Waals surface area contributed by atoms with Gasteiger partial charge in [-0.15, -0.1) is 0 Å². The number of allylic oxidation sites excluding steroid dienone is 2. The first-order valence-corrected chi connectivity index (χ1v) is 9.91. The molecule has 170 valence electrons. The molecule has 0 atom stereocenters. The molecule has 1 aliphatic heterocycles. The Morgan fingerprint density at radius 1 is 0.938 bits per heavy atom. The van der Waals surface area contributed by atoms with E-state index in [0.717, 1.165) is 34.3 Å². The second-order valence-corrected chi connectivity index (χ2v) is 7.79. The number of aromatic nitrogens is 1. The van der Waals surface area contributed by atoms with Gasteiger partial charge in [-0.3, -0.25) is 0 Å². The third-order valence-electron chi connectivity index (χ3n) is 5.54. The van der Waals surface area contributed by atoms with Crippen LogP contribution in [0.4, 0.5) is 26.3 Å². The molecule has 1 N–H and O–H groups in total. The highest BCUT2D eigenvalue weighted by molar-refractivity contribution is 5.83. The molecule has 0 saturated carbocycles. The maximum absolute atomic E-state index is 13.1. The normalized spacial score (nSPS) is 15.0. The van der Waals surface area contributed by atoms with E-state index in [-0.39, 0.29) is 31.2 Å². The average molecular weight is 454 g/mol. The largest absolute Gasteiger partial charge is 0.475 e. The summed E-state index contributed by atoms with van der Waals surface area (Å²) in [6.07, 6.45) is -7.09. The fraction of sp³-hybridized carbons (Fsp3) is 0.304. The molecule has 32 heavy (non-hydrogen) atoms. The molecule has 2 heterocycles. The minimum Gasteiger partial charge on any atom is -0.475 e. The van der Waals surface area contributed by atoms with Crippen LogP contribution in [0.2, 0.25) is 0 Å². The van der Waals surface area contributed by atoms with Crippen LogP contribution in [-0.2, 0) is 29.9 Å². The van der Waals surface area contributed by atoms with Crippen LogP contribution in [0.25, 0.3) is 10.9 Å². The van der Waals surface area contributed by atoms with Gasteiger partial charge in [-0.2, -0.15) is 26.3 Å². The molecule has 0 unspecified atom stereocenters. The third kappa shape index (κ3) is 4.56. The number of H-pyrrole nitrogens is 1. The molecular weight excluding hydrogens is 434 g/mol. The standard InChI is InChI=1S/C23H20F6N2O/c1-31-13-32-21(10-15-12-30-19-5-3-2-4-18(15)19)20(31)7-6-14-8-16(22(24,25)26)11-17(9-14)23(27,28)29/h2-5,8-9,11-12,30H,6-7,10,13H2,1H3. The number of para-hydroxylation sites is 1. The number of ether oxygens (including phenoxy) is 1. The zero-order valence-electron chi connectivity index (χ0n) is 17.1. The maximum Gasteiger partial charge on any atom is 0.416 e. The van der Waals surface area contributed by atoms with Crippen LogP contribution in [0.1, 0.15) is 28.7 Å². The molecular formula is C23H20F6N2O. The molecule has 1 aromatic heterocycles. The monoisotopic (exact) mass is 454 g/mol. The van der Waals surface area contributed by atoms with E-state index in [2.05, 4.69) is 4.98 Å². The molecule has 0 aliphatic carbocycles. The molecule has 9 heteroatoms. The number of alkyl halides is 6. The number of hydrogen-bond donors (Lipinski definition) is 1. The van der Waals surface area contributed by atoms with Gasteiger partial charge in [0.05, 0.1) is 16.8 Å². The number of hydrogen-bond acceptors (Lipinski definition) is 2. The molecule has 0 bridgehead atoms. The zero-order valence-corrected chi connectivity index (χ0v) is 17.1. The fourth-order valence-corrected chi connectivity index (χ4v) is 3.91. The van der Waals surface area contributed by atoms with Crippen LogP contribution in [0.3, 0.4) is 0 Å². The van der Waals surface area contributed by atoms with E-state index in [1.807, 2.05) is 35.4 Å². The SMILES string of the molecule is CN1COC(Cc2c[nH]c3ccccc23)=C1CCc1cc(C(F)(F)F)cc(C(F)(F)F)c1. The Morgan fingerprint density at radius 2 is 1.59 bits per heavy atom. The van der Waals surface area contributed by atoms with Gasteiger partial charge in [0.15, 0.2) is 6.73 Å². The molecule has 4 rings (SSSR count). The summed E-state index contributed by atoms with van der Waals surface area (Å²) in [6.45, 7) is 0.281. The number of aromatic amines is 1. The van der Waals surface area contributed by atoms with Gasteiger partial charge in [0, 0.05) is 30.6 Å². The van der Waals surface area contributed by atoms with Gasteiger partial charge in [0.1, 0.15) is 5.76 Å². The number of nitrogens with one attached hydrogen (secondary N) is 1. The lowest BCUT2D eigenvalue weighted by Gasteiger charge is -2.16. The summed E-state index contributed by atoms with van der Waals surface area (Å²) in [6, 6.07) is 9.47. The quantitative estimate of drug-likeness (QED) is 0.445. The number of halogens is 6. The first-order valence-electron chi connectivity index (χ1n) is 9.91. The third-order valence-corrected chi connectivity index (χ3v) is 5.54. The van der Waals surface area contributed by atoms with Crippen LogP contribution in [-0.4, -0.2) is 23.7 Å². The number of nitrogens with zero attached hydrogens (tertiary/aromatic N) is 1. The summed E-state index contributed by atoms with van der Waals surface area (Å²) in [5, 5.41) is 1.03. The van der Waals surface area contributed by atoms with Crippen molar-refractivity contribution in [3.8, 4) is 0 Å². The van der Waals surface area contributed by atoms with Gasteiger partial charge < -0.3 is 14.6 Å². The van der Waals surface area contributed by atoms with Crippen LogP contribution in [0.5, 0.6) is 0 Å². The van der Waals surface area contributed by atoms with Crippen molar-refractivity contribution >= 4 is 10.9 Å². The summed E-state index contributed by atoms with van der Waals surface area (Å²) >= 11 is 0. The number of rotatable bonds is 5. The van der Waals surface area contributed by atoms with Crippen molar-refractivity contribution in [2.24, 2.45) is 0 Å². The van der Waals surface area contributed by atoms with E-state index in [1.165, 1.54) is 0 Å². The highest BCUT2D eigenvalue weighted by atomic mass is 19.4. The lowest BCUT2D eigenvalue weighted by Crippen LogP contribution is -2.15. The van der Waals surface area contributed by atoms with Gasteiger partial charge in [0.2, 0.25) is 0 Å². The van der Waals surface area contributed by atoms with Crippen molar-refractivity contribution in [3.63, 3.8) is 0 Å². The Balaban J connectivity index is 1.60. The molecule has 2 aromatic carbocycles. The van der Waals surface area contributed by atoms with Crippen LogP contribution < -0.4 is 0 Å². The van der Waals surface area contributed by atoms with E-state index in [1.54, 1.807) is 7.05 Å². The molecule has 0 radical (unpaired) electrons. The van der Waals surface area contributed by atoms with Gasteiger partial charge in [-0.25, -0.2) is 0 Å². The molecule has 3 nitrogen and oxygen atoms in total. The van der Waals surface area contributed by atoms with Gasteiger partial charge in [-0.05, 0) is 48.2 Å². The first kappa shape index (κ1) is 22.1. The van der Waals surface area contributed by atoms with E-state index >= 15 is 0 Å². The van der Waals surface area contributed by atoms with Crippen molar-refractivity contribution in [3.05, 3.63) is 82.4 Å². The van der Waals surface area contributed by atoms with Gasteiger partial charge >= 0.3 is 12.4 Å². The number of aryl methyl sites for hydroxylation is 1. The summed E-state index contributed by atoms with van der Waals surface area (Å²) in [5.41, 5.74) is 0.117.